The molecule has 5 aliphatic rings. The van der Waals surface area contributed by atoms with Crippen molar-refractivity contribution in [2.75, 3.05) is 6.54 Å². The number of fused-ring (bicyclic) bond motifs is 2. The second-order valence-electron chi connectivity index (χ2n) is 22.8. The van der Waals surface area contributed by atoms with Crippen molar-refractivity contribution in [1.29, 1.82) is 0 Å². The number of amides is 4. The molecule has 17 atom stereocenters. The van der Waals surface area contributed by atoms with Crippen LogP contribution in [0.15, 0.2) is 60.2 Å². The number of halogens is 2. The fourth-order valence-corrected chi connectivity index (χ4v) is 11.5. The number of aromatic hydroxyl groups is 1. The number of esters is 1. The highest BCUT2D eigenvalue weighted by Crippen LogP contribution is 2.57. The number of phenols is 1. The predicted molar refractivity (Wildman–Crippen MR) is 284 cm³/mol. The SMILES string of the molecule is CC[C@H]1C[C@@H]2C[C@H]3[C@@H](O)[C@@H](C)[C@H](C[C@H](O)[C@@H](C)CC/C=C/C=C(\C)[C@@H]4C/C=C/C=C/[C@H](O)[C@H](C)[C@@H](O)[C@@H](CCC(C)=O)C(=O)N[C@@H](C(C)C)C(=O)NC(c5cc(O)c(F)c(F)c5)C(=O)N5CCCC(N5)C(=O)O4)O[C@]23NC1=O. The molecule has 0 radical (unpaired) electrons. The molecule has 1 spiro atoms. The molecule has 432 valence electrons. The quantitative estimate of drug-likeness (QED) is 0.0859. The van der Waals surface area contributed by atoms with Gasteiger partial charge in [-0.25, -0.2) is 9.82 Å². The molecule has 4 fully saturated rings. The van der Waals surface area contributed by atoms with Crippen molar-refractivity contribution in [3.8, 4) is 5.75 Å². The van der Waals surface area contributed by atoms with Gasteiger partial charge in [0.15, 0.2) is 17.4 Å². The zero-order valence-corrected chi connectivity index (χ0v) is 46.2. The fourth-order valence-electron chi connectivity index (χ4n) is 11.5. The van der Waals surface area contributed by atoms with E-state index >= 15 is 0 Å². The Morgan fingerprint density at radius 3 is 2.37 bits per heavy atom. The van der Waals surface area contributed by atoms with E-state index in [1.165, 1.54) is 19.9 Å². The molecule has 0 aromatic heterocycles. The maximum atomic E-state index is 14.9. The molecule has 1 aliphatic carbocycles. The minimum atomic E-state index is -1.80. The lowest BCUT2D eigenvalue weighted by Gasteiger charge is -2.65. The van der Waals surface area contributed by atoms with Gasteiger partial charge < -0.3 is 55.8 Å². The summed E-state index contributed by atoms with van der Waals surface area (Å²) in [6, 6.07) is -2.87. The van der Waals surface area contributed by atoms with E-state index in [9.17, 15) is 63.1 Å². The van der Waals surface area contributed by atoms with Crippen LogP contribution in [0.1, 0.15) is 138 Å². The summed E-state index contributed by atoms with van der Waals surface area (Å²) in [5.74, 6) is -11.4. The van der Waals surface area contributed by atoms with Crippen LogP contribution < -0.4 is 21.4 Å². The zero-order chi connectivity index (χ0) is 57.3. The molecule has 9 N–H and O–H groups in total. The smallest absolute Gasteiger partial charge is 0.325 e. The number of nitrogens with zero attached hydrogens (tertiary/aromatic N) is 1. The van der Waals surface area contributed by atoms with Crippen LogP contribution in [0.25, 0.3) is 0 Å². The van der Waals surface area contributed by atoms with Gasteiger partial charge in [0.25, 0.3) is 5.91 Å². The van der Waals surface area contributed by atoms with Crippen molar-refractivity contribution in [2.45, 2.75) is 186 Å². The Bertz CT molecular complexity index is 2430. The van der Waals surface area contributed by atoms with Crippen LogP contribution in [-0.4, -0.2) is 127 Å². The van der Waals surface area contributed by atoms with Crippen LogP contribution in [0.3, 0.4) is 0 Å². The molecule has 2 bridgehead atoms. The van der Waals surface area contributed by atoms with Crippen molar-refractivity contribution in [3.05, 3.63) is 77.4 Å². The minimum absolute atomic E-state index is 0.00384. The average Bonchev–Trinajstić information content (AvgIpc) is 3.59. The van der Waals surface area contributed by atoms with E-state index in [0.29, 0.717) is 30.9 Å². The van der Waals surface area contributed by atoms with Crippen LogP contribution in [0.5, 0.6) is 5.75 Å². The van der Waals surface area contributed by atoms with Crippen LogP contribution >= 0.6 is 0 Å². The van der Waals surface area contributed by atoms with Gasteiger partial charge in [0, 0.05) is 55.4 Å². The molecule has 2 unspecified atom stereocenters. The Morgan fingerprint density at radius 2 is 1.69 bits per heavy atom. The van der Waals surface area contributed by atoms with Gasteiger partial charge in [-0.15, -0.1) is 0 Å². The Hall–Kier alpha value is -5.38. The molecule has 18 nitrogen and oxygen atoms in total. The summed E-state index contributed by atoms with van der Waals surface area (Å²) in [6.07, 6.45) is 10.5. The Labute approximate surface area is 456 Å². The second kappa shape index (κ2) is 27.2. The molecule has 4 heterocycles. The normalized spacial score (nSPS) is 35.3. The number of rotatable bonds is 14. The highest BCUT2D eigenvalue weighted by atomic mass is 19.2. The molecular formula is C58H83F2N5O13. The summed E-state index contributed by atoms with van der Waals surface area (Å²) >= 11 is 0. The number of phenolic OH excluding ortho intramolecular Hbond substituents is 1. The number of cyclic esters (lactones) is 1. The van der Waals surface area contributed by atoms with Gasteiger partial charge in [0.1, 0.15) is 35.7 Å². The number of ether oxygens (including phenoxy) is 2. The molecule has 78 heavy (non-hydrogen) atoms. The van der Waals surface area contributed by atoms with Crippen LogP contribution in [0.2, 0.25) is 0 Å². The lowest BCUT2D eigenvalue weighted by atomic mass is 9.55. The molecule has 1 aromatic carbocycles. The summed E-state index contributed by atoms with van der Waals surface area (Å²) in [4.78, 5) is 81.9. The lowest BCUT2D eigenvalue weighted by Crippen LogP contribution is -2.78. The first-order valence-corrected chi connectivity index (χ1v) is 27.8. The minimum Gasteiger partial charge on any atom is -0.505 e. The molecule has 1 saturated carbocycles. The Balaban J connectivity index is 1.20. The van der Waals surface area contributed by atoms with Crippen molar-refractivity contribution in [2.24, 2.45) is 47.3 Å². The largest absolute Gasteiger partial charge is 0.505 e. The maximum Gasteiger partial charge on any atom is 0.325 e. The third-order valence-electron chi connectivity index (χ3n) is 16.9. The van der Waals surface area contributed by atoms with E-state index in [-0.39, 0.29) is 85.5 Å². The lowest BCUT2D eigenvalue weighted by molar-refractivity contribution is -0.320. The average molecular weight is 1100 g/mol. The third kappa shape index (κ3) is 14.5. The van der Waals surface area contributed by atoms with Crippen molar-refractivity contribution in [1.82, 2.24) is 26.4 Å². The highest BCUT2D eigenvalue weighted by molar-refractivity contribution is 5.93. The summed E-state index contributed by atoms with van der Waals surface area (Å²) in [6.45, 7) is 13.7. The number of carbonyl (C=O) groups excluding carboxylic acids is 6. The van der Waals surface area contributed by atoms with Crippen molar-refractivity contribution in [3.63, 3.8) is 0 Å². The van der Waals surface area contributed by atoms with E-state index in [0.717, 1.165) is 30.3 Å². The number of piperidine rings is 1. The van der Waals surface area contributed by atoms with Crippen molar-refractivity contribution < 1.29 is 72.6 Å². The zero-order valence-electron chi connectivity index (χ0n) is 46.2. The number of Topliss-reactive ketones (excluding diaryl/α,β-unsaturated/α-hetero) is 1. The number of ketones is 1. The first-order chi connectivity index (χ1) is 36.9. The summed E-state index contributed by atoms with van der Waals surface area (Å²) in [5.41, 5.74) is 2.26. The van der Waals surface area contributed by atoms with Gasteiger partial charge in [0.05, 0.1) is 36.4 Å². The van der Waals surface area contributed by atoms with Gasteiger partial charge in [-0.05, 0) is 100 Å². The first-order valence-electron chi connectivity index (χ1n) is 27.8. The Kier molecular flexibility index (Phi) is 21.6. The van der Waals surface area contributed by atoms with Gasteiger partial charge >= 0.3 is 5.97 Å². The van der Waals surface area contributed by atoms with Crippen LogP contribution in [0, 0.1) is 59.0 Å². The number of allylic oxidation sites excluding steroid dienone is 5. The van der Waals surface area contributed by atoms with E-state index in [4.69, 9.17) is 9.47 Å². The number of nitrogens with one attached hydrogen (secondary N) is 4. The third-order valence-corrected chi connectivity index (χ3v) is 16.9. The van der Waals surface area contributed by atoms with Gasteiger partial charge in [-0.1, -0.05) is 84.1 Å². The second-order valence-corrected chi connectivity index (χ2v) is 22.8. The topological polar surface area (TPSA) is 273 Å². The number of benzene rings is 1. The number of aliphatic hydroxyl groups is 4. The molecule has 4 aliphatic heterocycles. The number of hydrazine groups is 1. The number of hydrogen-bond donors (Lipinski definition) is 9. The monoisotopic (exact) mass is 1100 g/mol. The van der Waals surface area contributed by atoms with Crippen LogP contribution in [0.4, 0.5) is 8.78 Å². The van der Waals surface area contributed by atoms with E-state index in [1.807, 2.05) is 32.9 Å². The Morgan fingerprint density at radius 1 is 0.962 bits per heavy atom. The highest BCUT2D eigenvalue weighted by Gasteiger charge is 2.67. The van der Waals surface area contributed by atoms with Crippen LogP contribution in [-0.2, 0) is 38.2 Å². The van der Waals surface area contributed by atoms with Gasteiger partial charge in [-0.3, -0.25) is 29.0 Å². The first kappa shape index (κ1) is 61.8. The molecular weight excluding hydrogens is 1010 g/mol. The summed E-state index contributed by atoms with van der Waals surface area (Å²) < 4.78 is 42.1. The standard InChI is InChI=1S/C58H83F2N5O13/c1-9-36-25-38-28-40-52(71)35(8)47(78-58(38,40)63-53(36)72)29-44(68)31(4)17-12-10-13-18-32(5)46-21-15-11-14-20-43(67)34(7)51(70)39(23-22-33(6)66)54(73)61-49(30(2)3)55(74)62-50(37-26-41(59)48(60)45(69)27-37)56(75)65-24-16-19-42(64-65)57(76)77-46/h10-11,13-15,18,20,26-27,30-31,34-36,38-40,42-44,46-47,49-52,64,67-71H,9,12,16-17,19,21-25,28-29H2,1-8H3,(H,61,73)(H,62,74)(H,63,72)/b13-10+,15-11+,20-14+,32-18+/t31-,34-,35-,36-,38+,39+,40-,42?,43-,44-,46-,47-,49-,50?,51+,52-,58+/m0/s1. The summed E-state index contributed by atoms with van der Waals surface area (Å²) in [5, 5.41) is 65.2. The van der Waals surface area contributed by atoms with E-state index in [2.05, 4.69) is 21.4 Å². The molecule has 20 heteroatoms. The number of carbonyl (C=O) groups is 6. The van der Waals surface area contributed by atoms with E-state index in [1.54, 1.807) is 45.1 Å². The molecule has 3 saturated heterocycles. The predicted octanol–water partition coefficient (Wildman–Crippen LogP) is 5.18. The maximum absolute atomic E-state index is 14.9. The van der Waals surface area contributed by atoms with Crippen molar-refractivity contribution >= 4 is 35.4 Å². The summed E-state index contributed by atoms with van der Waals surface area (Å²) in [7, 11) is 0. The fraction of sp³-hybridized carbons (Fsp3) is 0.655. The number of hydrogen-bond acceptors (Lipinski definition) is 14. The van der Waals surface area contributed by atoms with Gasteiger partial charge in [-0.2, -0.15) is 4.39 Å². The molecule has 6 rings (SSSR count). The number of aliphatic hydroxyl groups excluding tert-OH is 4. The van der Waals surface area contributed by atoms with Gasteiger partial charge in [0.2, 0.25) is 17.7 Å². The van der Waals surface area contributed by atoms with E-state index < -0.39 is 119 Å². The molecule has 4 amide bonds. The molecule has 1 aromatic rings.